The lowest BCUT2D eigenvalue weighted by Gasteiger charge is -2.26. The van der Waals surface area contributed by atoms with Crippen LogP contribution in [-0.2, 0) is 11.2 Å². The lowest BCUT2D eigenvalue weighted by molar-refractivity contribution is -0.129. The van der Waals surface area contributed by atoms with Crippen LogP contribution >= 0.6 is 11.3 Å². The van der Waals surface area contributed by atoms with Gasteiger partial charge in [-0.05, 0) is 47.7 Å². The molecule has 2 aromatic heterocycles. The highest BCUT2D eigenvalue weighted by molar-refractivity contribution is 7.12. The number of pyridine rings is 1. The van der Waals surface area contributed by atoms with Crippen LogP contribution in [0, 0.1) is 5.82 Å². The number of nitrogens with zero attached hydrogens (tertiary/aromatic N) is 2. The minimum absolute atomic E-state index is 0.0373. The predicted molar refractivity (Wildman–Crippen MR) is 107 cm³/mol. The van der Waals surface area contributed by atoms with Crippen molar-refractivity contribution in [3.8, 4) is 0 Å². The summed E-state index contributed by atoms with van der Waals surface area (Å²) in [5.74, 6) is -1.87. The number of hydrogen-bond acceptors (Lipinski definition) is 5. The van der Waals surface area contributed by atoms with Crippen molar-refractivity contribution < 1.29 is 19.1 Å². The summed E-state index contributed by atoms with van der Waals surface area (Å²) in [4.78, 5) is 32.1. The first-order chi connectivity index (χ1) is 14.1. The number of benzene rings is 1. The van der Waals surface area contributed by atoms with Crippen LogP contribution in [-0.4, -0.2) is 33.2 Å². The Balaban J connectivity index is 1.68. The fourth-order valence-electron chi connectivity index (χ4n) is 3.40. The van der Waals surface area contributed by atoms with Crippen LogP contribution in [0.2, 0.25) is 0 Å². The van der Waals surface area contributed by atoms with Crippen LogP contribution in [0.1, 0.15) is 27.0 Å². The molecule has 0 aliphatic carbocycles. The predicted octanol–water partition coefficient (Wildman–Crippen LogP) is 4.10. The number of carbonyl (C=O) groups is 2. The third-order valence-electron chi connectivity index (χ3n) is 4.82. The molecule has 0 spiro atoms. The van der Waals surface area contributed by atoms with Crippen LogP contribution in [0.15, 0.2) is 77.5 Å². The number of ketones is 1. The summed E-state index contributed by atoms with van der Waals surface area (Å²) in [6.07, 6.45) is 2.03. The maximum Gasteiger partial charge on any atom is 0.290 e. The normalized spacial score (nSPS) is 16.5. The van der Waals surface area contributed by atoms with Gasteiger partial charge in [0, 0.05) is 12.7 Å². The van der Waals surface area contributed by atoms with E-state index in [1.807, 2.05) is 0 Å². The van der Waals surface area contributed by atoms with Crippen molar-refractivity contribution >= 4 is 23.0 Å². The Morgan fingerprint density at radius 2 is 1.93 bits per heavy atom. The molecule has 0 radical (unpaired) electrons. The molecule has 3 heterocycles. The molecule has 0 saturated carbocycles. The maximum atomic E-state index is 13.2. The van der Waals surface area contributed by atoms with Gasteiger partial charge in [-0.2, -0.15) is 0 Å². The summed E-state index contributed by atoms with van der Waals surface area (Å²) in [6.45, 7) is 0.247. The Kier molecular flexibility index (Phi) is 5.22. The van der Waals surface area contributed by atoms with Gasteiger partial charge in [0.1, 0.15) is 11.9 Å². The second-order valence-corrected chi connectivity index (χ2v) is 7.55. The number of aliphatic hydroxyl groups is 1. The topological polar surface area (TPSA) is 70.5 Å². The number of rotatable bonds is 6. The van der Waals surface area contributed by atoms with Gasteiger partial charge in [0.05, 0.1) is 16.1 Å². The fraction of sp³-hybridized carbons (Fsp3) is 0.136. The summed E-state index contributed by atoms with van der Waals surface area (Å²) in [5.41, 5.74) is 1.38. The van der Waals surface area contributed by atoms with Gasteiger partial charge in [-0.25, -0.2) is 4.39 Å². The highest BCUT2D eigenvalue weighted by Gasteiger charge is 2.44. The molecule has 1 amide bonds. The Labute approximate surface area is 170 Å². The molecule has 7 heteroatoms. The second kappa shape index (κ2) is 7.97. The second-order valence-electron chi connectivity index (χ2n) is 6.60. The van der Waals surface area contributed by atoms with Crippen LogP contribution in [0.25, 0.3) is 0 Å². The van der Waals surface area contributed by atoms with Crippen LogP contribution < -0.4 is 0 Å². The summed E-state index contributed by atoms with van der Waals surface area (Å²) in [6, 6.07) is 13.9. The number of halogens is 1. The summed E-state index contributed by atoms with van der Waals surface area (Å²) >= 11 is 1.25. The summed E-state index contributed by atoms with van der Waals surface area (Å²) in [7, 11) is 0. The standard InChI is InChI=1S/C22H17FN2O3S/c23-15-8-6-14(7-9-15)10-12-25-19(16-4-1-2-11-24-16)18(21(27)22(25)28)20(26)17-5-3-13-29-17/h1-9,11,13,19,27H,10,12H2. The van der Waals surface area contributed by atoms with Crippen molar-refractivity contribution in [1.29, 1.82) is 0 Å². The fourth-order valence-corrected chi connectivity index (χ4v) is 4.08. The zero-order chi connectivity index (χ0) is 20.4. The largest absolute Gasteiger partial charge is 0.503 e. The van der Waals surface area contributed by atoms with Gasteiger partial charge >= 0.3 is 0 Å². The third-order valence-corrected chi connectivity index (χ3v) is 5.68. The Morgan fingerprint density at radius 3 is 2.59 bits per heavy atom. The minimum atomic E-state index is -0.779. The van der Waals surface area contributed by atoms with E-state index in [0.717, 1.165) is 5.56 Å². The molecule has 0 bridgehead atoms. The molecule has 3 aromatic rings. The van der Waals surface area contributed by atoms with Crippen LogP contribution in [0.5, 0.6) is 0 Å². The van der Waals surface area contributed by atoms with E-state index in [4.69, 9.17) is 0 Å². The lowest BCUT2D eigenvalue weighted by atomic mass is 9.98. The molecule has 0 saturated heterocycles. The first-order valence-corrected chi connectivity index (χ1v) is 9.92. The van der Waals surface area contributed by atoms with Crippen molar-refractivity contribution in [2.45, 2.75) is 12.5 Å². The first-order valence-electron chi connectivity index (χ1n) is 9.04. The number of aliphatic hydroxyl groups excluding tert-OH is 1. The van der Waals surface area contributed by atoms with E-state index in [1.54, 1.807) is 54.0 Å². The molecular weight excluding hydrogens is 391 g/mol. The average Bonchev–Trinajstić information content (AvgIpc) is 3.36. The number of aromatic nitrogens is 1. The van der Waals surface area contributed by atoms with Crippen LogP contribution in [0.3, 0.4) is 0 Å². The van der Waals surface area contributed by atoms with Gasteiger partial charge in [-0.15, -0.1) is 11.3 Å². The van der Waals surface area contributed by atoms with E-state index in [-0.39, 0.29) is 23.7 Å². The van der Waals surface area contributed by atoms with E-state index in [1.165, 1.54) is 28.4 Å². The maximum absolute atomic E-state index is 13.2. The smallest absolute Gasteiger partial charge is 0.290 e. The van der Waals surface area contributed by atoms with E-state index in [2.05, 4.69) is 4.98 Å². The van der Waals surface area contributed by atoms with Crippen LogP contribution in [0.4, 0.5) is 4.39 Å². The van der Waals surface area contributed by atoms with E-state index in [9.17, 15) is 19.1 Å². The highest BCUT2D eigenvalue weighted by Crippen LogP contribution is 2.38. The van der Waals surface area contributed by atoms with Crippen molar-refractivity contribution in [3.05, 3.63) is 99.5 Å². The number of carbonyl (C=O) groups excluding carboxylic acids is 2. The quantitative estimate of drug-likeness (QED) is 0.624. The Bertz CT molecular complexity index is 1060. The average molecular weight is 408 g/mol. The number of Topliss-reactive ketones (excluding diaryl/α,β-unsaturated/α-hetero) is 1. The Hall–Kier alpha value is -3.32. The van der Waals surface area contributed by atoms with Gasteiger partial charge in [-0.3, -0.25) is 14.6 Å². The molecule has 146 valence electrons. The molecule has 1 aliphatic heterocycles. The van der Waals surface area contributed by atoms with Crippen molar-refractivity contribution in [2.75, 3.05) is 6.54 Å². The van der Waals surface area contributed by atoms with Gasteiger partial charge in [-0.1, -0.05) is 24.3 Å². The third kappa shape index (κ3) is 3.69. The lowest BCUT2D eigenvalue weighted by Crippen LogP contribution is -2.33. The van der Waals surface area contributed by atoms with E-state index >= 15 is 0 Å². The molecular formula is C22H17FN2O3S. The molecule has 0 fully saturated rings. The molecule has 1 N–H and O–H groups in total. The summed E-state index contributed by atoms with van der Waals surface area (Å²) in [5, 5.41) is 12.3. The zero-order valence-electron chi connectivity index (χ0n) is 15.3. The highest BCUT2D eigenvalue weighted by atomic mass is 32.1. The van der Waals surface area contributed by atoms with Gasteiger partial charge in [0.2, 0.25) is 5.78 Å². The van der Waals surface area contributed by atoms with Gasteiger partial charge in [0.25, 0.3) is 5.91 Å². The number of thiophene rings is 1. The molecule has 1 unspecified atom stereocenters. The number of amides is 1. The molecule has 1 aromatic carbocycles. The van der Waals surface area contributed by atoms with E-state index < -0.39 is 17.7 Å². The molecule has 1 atom stereocenters. The van der Waals surface area contributed by atoms with Crippen molar-refractivity contribution in [2.24, 2.45) is 0 Å². The molecule has 4 rings (SSSR count). The SMILES string of the molecule is O=C(C1=C(O)C(=O)N(CCc2ccc(F)cc2)C1c1ccccn1)c1cccs1. The Morgan fingerprint density at radius 1 is 1.14 bits per heavy atom. The first kappa shape index (κ1) is 19.0. The minimum Gasteiger partial charge on any atom is -0.503 e. The van der Waals surface area contributed by atoms with Gasteiger partial charge in [0.15, 0.2) is 5.76 Å². The zero-order valence-corrected chi connectivity index (χ0v) is 16.1. The monoisotopic (exact) mass is 408 g/mol. The molecule has 29 heavy (non-hydrogen) atoms. The molecule has 1 aliphatic rings. The van der Waals surface area contributed by atoms with Crippen molar-refractivity contribution in [1.82, 2.24) is 9.88 Å². The van der Waals surface area contributed by atoms with E-state index in [0.29, 0.717) is 17.0 Å². The number of hydrogen-bond donors (Lipinski definition) is 1. The molecule has 5 nitrogen and oxygen atoms in total. The summed E-state index contributed by atoms with van der Waals surface area (Å²) < 4.78 is 13.2. The van der Waals surface area contributed by atoms with Gasteiger partial charge < -0.3 is 10.0 Å². The van der Waals surface area contributed by atoms with Crippen molar-refractivity contribution in [3.63, 3.8) is 0 Å².